The molecule has 1 N–H and O–H groups in total. The lowest BCUT2D eigenvalue weighted by Crippen LogP contribution is -2.48. The van der Waals surface area contributed by atoms with Gasteiger partial charge in [0.15, 0.2) is 0 Å². The molecule has 0 heterocycles. The zero-order chi connectivity index (χ0) is 14.5. The molecular weight excluding hydrogens is 240 g/mol. The number of likely N-dealkylation sites (N-methyl/N-ethyl adjacent to an activating group) is 1. The van der Waals surface area contributed by atoms with Crippen molar-refractivity contribution in [3.05, 3.63) is 0 Å². The minimum absolute atomic E-state index is 0.542. The first-order valence-electron chi connectivity index (χ1n) is 7.77. The highest BCUT2D eigenvalue weighted by Gasteiger charge is 2.20. The first-order chi connectivity index (χ1) is 9.17. The Morgan fingerprint density at radius 2 is 1.47 bits per heavy atom. The van der Waals surface area contributed by atoms with Crippen molar-refractivity contribution in [2.45, 2.75) is 40.7 Å². The van der Waals surface area contributed by atoms with Crippen molar-refractivity contribution >= 4 is 0 Å². The van der Waals surface area contributed by atoms with Crippen LogP contribution in [0.2, 0.25) is 0 Å². The second-order valence-electron chi connectivity index (χ2n) is 5.05. The Morgan fingerprint density at radius 1 is 0.947 bits per heavy atom. The quantitative estimate of drug-likeness (QED) is 0.521. The summed E-state index contributed by atoms with van der Waals surface area (Å²) in [6.07, 6.45) is 0. The van der Waals surface area contributed by atoms with Crippen LogP contribution in [-0.2, 0) is 9.47 Å². The number of nitrogens with one attached hydrogen (secondary N) is 1. The van der Waals surface area contributed by atoms with E-state index < -0.39 is 0 Å². The van der Waals surface area contributed by atoms with Crippen molar-refractivity contribution in [2.75, 3.05) is 52.6 Å². The molecular formula is C15H34N2O2. The molecule has 0 rings (SSSR count). The van der Waals surface area contributed by atoms with Gasteiger partial charge in [0.1, 0.15) is 0 Å². The highest BCUT2D eigenvalue weighted by atomic mass is 16.5. The molecule has 0 aliphatic rings. The van der Waals surface area contributed by atoms with Crippen LogP contribution in [-0.4, -0.2) is 63.5 Å². The Kier molecular flexibility index (Phi) is 12.7. The Labute approximate surface area is 119 Å². The normalized spacial score (nSPS) is 13.4. The summed E-state index contributed by atoms with van der Waals surface area (Å²) in [5.74, 6) is 0.627. The largest absolute Gasteiger partial charge is 0.380 e. The van der Waals surface area contributed by atoms with E-state index in [1.54, 1.807) is 0 Å². The molecule has 0 fully saturated rings. The van der Waals surface area contributed by atoms with E-state index >= 15 is 0 Å². The van der Waals surface area contributed by atoms with Crippen LogP contribution < -0.4 is 5.32 Å². The fraction of sp³-hybridized carbons (Fsp3) is 1.00. The Hall–Kier alpha value is -0.160. The molecule has 4 nitrogen and oxygen atoms in total. The van der Waals surface area contributed by atoms with Crippen LogP contribution >= 0.6 is 0 Å². The van der Waals surface area contributed by atoms with E-state index in [0.717, 1.165) is 52.6 Å². The Morgan fingerprint density at radius 3 is 1.84 bits per heavy atom. The van der Waals surface area contributed by atoms with Crippen LogP contribution in [0.1, 0.15) is 34.6 Å². The summed E-state index contributed by atoms with van der Waals surface area (Å²) in [5.41, 5.74) is 0. The maximum atomic E-state index is 5.50. The van der Waals surface area contributed by atoms with Crippen LogP contribution in [0.4, 0.5) is 0 Å². The predicted molar refractivity (Wildman–Crippen MR) is 81.7 cm³/mol. The van der Waals surface area contributed by atoms with Crippen molar-refractivity contribution in [2.24, 2.45) is 5.92 Å². The number of hydrogen-bond acceptors (Lipinski definition) is 4. The van der Waals surface area contributed by atoms with Crippen molar-refractivity contribution in [3.8, 4) is 0 Å². The minimum atomic E-state index is 0.542. The molecule has 4 heteroatoms. The van der Waals surface area contributed by atoms with E-state index in [9.17, 15) is 0 Å². The molecule has 19 heavy (non-hydrogen) atoms. The number of rotatable bonds is 13. The zero-order valence-electron chi connectivity index (χ0n) is 13.6. The second kappa shape index (κ2) is 12.9. The first kappa shape index (κ1) is 18.8. The third kappa shape index (κ3) is 9.38. The molecule has 0 radical (unpaired) electrons. The van der Waals surface area contributed by atoms with Gasteiger partial charge in [-0.2, -0.15) is 0 Å². The third-order valence-electron chi connectivity index (χ3n) is 3.30. The zero-order valence-corrected chi connectivity index (χ0v) is 13.6. The summed E-state index contributed by atoms with van der Waals surface area (Å²) in [5, 5.41) is 3.47. The van der Waals surface area contributed by atoms with Crippen LogP contribution in [0.5, 0.6) is 0 Å². The third-order valence-corrected chi connectivity index (χ3v) is 3.30. The fourth-order valence-electron chi connectivity index (χ4n) is 2.17. The molecule has 0 aliphatic carbocycles. The van der Waals surface area contributed by atoms with Crippen LogP contribution in [0.3, 0.4) is 0 Å². The van der Waals surface area contributed by atoms with E-state index in [1.165, 1.54) is 0 Å². The first-order valence-corrected chi connectivity index (χ1v) is 7.77. The summed E-state index contributed by atoms with van der Waals surface area (Å²) in [7, 11) is 0. The summed E-state index contributed by atoms with van der Waals surface area (Å²) in [6, 6.07) is 0.542. The average molecular weight is 274 g/mol. The predicted octanol–water partition coefficient (Wildman–Crippen LogP) is 2.00. The molecule has 0 aromatic heterocycles. The lowest BCUT2D eigenvalue weighted by Gasteiger charge is -2.34. The molecule has 0 aliphatic heterocycles. The Balaban J connectivity index is 4.34. The molecule has 0 amide bonds. The molecule has 0 aromatic rings. The van der Waals surface area contributed by atoms with E-state index in [-0.39, 0.29) is 0 Å². The molecule has 116 valence electrons. The molecule has 0 saturated heterocycles. The van der Waals surface area contributed by atoms with Gasteiger partial charge in [0.05, 0.1) is 13.2 Å². The molecule has 0 saturated carbocycles. The van der Waals surface area contributed by atoms with Gasteiger partial charge in [0, 0.05) is 38.9 Å². The van der Waals surface area contributed by atoms with Gasteiger partial charge in [0.25, 0.3) is 0 Å². The maximum absolute atomic E-state index is 5.50. The van der Waals surface area contributed by atoms with E-state index in [0.29, 0.717) is 12.0 Å². The van der Waals surface area contributed by atoms with Gasteiger partial charge in [-0.05, 0) is 26.3 Å². The topological polar surface area (TPSA) is 33.7 Å². The van der Waals surface area contributed by atoms with Gasteiger partial charge in [-0.1, -0.05) is 20.8 Å². The monoisotopic (exact) mass is 274 g/mol. The van der Waals surface area contributed by atoms with Crippen LogP contribution in [0.25, 0.3) is 0 Å². The van der Waals surface area contributed by atoms with E-state index in [4.69, 9.17) is 9.47 Å². The van der Waals surface area contributed by atoms with Gasteiger partial charge >= 0.3 is 0 Å². The van der Waals surface area contributed by atoms with E-state index in [2.05, 4.69) is 31.0 Å². The fourth-order valence-corrected chi connectivity index (χ4v) is 2.17. The van der Waals surface area contributed by atoms with Crippen molar-refractivity contribution < 1.29 is 9.47 Å². The van der Waals surface area contributed by atoms with Gasteiger partial charge in [-0.15, -0.1) is 0 Å². The summed E-state index contributed by atoms with van der Waals surface area (Å²) >= 11 is 0. The SMILES string of the molecule is CCNCC(C(C)C)N(CCOCC)CCOCC. The smallest absolute Gasteiger partial charge is 0.0593 e. The molecule has 0 spiro atoms. The Bertz CT molecular complexity index is 179. The minimum Gasteiger partial charge on any atom is -0.380 e. The molecule has 0 aromatic carbocycles. The number of nitrogens with zero attached hydrogens (tertiary/aromatic N) is 1. The lowest BCUT2D eigenvalue weighted by molar-refractivity contribution is 0.0511. The van der Waals surface area contributed by atoms with Gasteiger partial charge in [-0.25, -0.2) is 0 Å². The number of ether oxygens (including phenoxy) is 2. The van der Waals surface area contributed by atoms with Gasteiger partial charge in [-0.3, -0.25) is 4.90 Å². The second-order valence-corrected chi connectivity index (χ2v) is 5.05. The highest BCUT2D eigenvalue weighted by Crippen LogP contribution is 2.10. The maximum Gasteiger partial charge on any atom is 0.0593 e. The molecule has 0 bridgehead atoms. The summed E-state index contributed by atoms with van der Waals surface area (Å²) in [6.45, 7) is 18.0. The summed E-state index contributed by atoms with van der Waals surface area (Å²) in [4.78, 5) is 2.50. The van der Waals surface area contributed by atoms with Crippen LogP contribution in [0, 0.1) is 5.92 Å². The average Bonchev–Trinajstić information content (AvgIpc) is 2.38. The van der Waals surface area contributed by atoms with Gasteiger partial charge < -0.3 is 14.8 Å². The van der Waals surface area contributed by atoms with Crippen molar-refractivity contribution in [3.63, 3.8) is 0 Å². The molecule has 1 atom stereocenters. The van der Waals surface area contributed by atoms with E-state index in [1.807, 2.05) is 13.8 Å². The van der Waals surface area contributed by atoms with Crippen molar-refractivity contribution in [1.82, 2.24) is 10.2 Å². The summed E-state index contributed by atoms with van der Waals surface area (Å²) < 4.78 is 11.0. The highest BCUT2D eigenvalue weighted by molar-refractivity contribution is 4.77. The van der Waals surface area contributed by atoms with Crippen molar-refractivity contribution in [1.29, 1.82) is 0 Å². The van der Waals surface area contributed by atoms with Gasteiger partial charge in [0.2, 0.25) is 0 Å². The van der Waals surface area contributed by atoms with Crippen LogP contribution in [0.15, 0.2) is 0 Å². The molecule has 1 unspecified atom stereocenters. The lowest BCUT2D eigenvalue weighted by atomic mass is 10.0. The number of hydrogen-bond donors (Lipinski definition) is 1. The standard InChI is InChI=1S/C15H34N2O2/c1-6-16-13-15(14(4)5)17(9-11-18-7-2)10-12-19-8-3/h14-16H,6-13H2,1-5H3.